The molecule has 3 aromatic rings. The number of ether oxygens (including phenoxy) is 1. The molecule has 1 unspecified atom stereocenters. The van der Waals surface area contributed by atoms with Crippen LogP contribution in [0.3, 0.4) is 0 Å². The summed E-state index contributed by atoms with van der Waals surface area (Å²) in [5, 5.41) is 0. The lowest BCUT2D eigenvalue weighted by Crippen LogP contribution is -2.38. The largest absolute Gasteiger partial charge is 0.381 e. The van der Waals surface area contributed by atoms with Crippen LogP contribution in [0.2, 0.25) is 0 Å². The van der Waals surface area contributed by atoms with Gasteiger partial charge in [0.05, 0.1) is 7.89 Å². The van der Waals surface area contributed by atoms with Gasteiger partial charge in [-0.1, -0.05) is 24.3 Å². The van der Waals surface area contributed by atoms with E-state index in [9.17, 15) is 4.79 Å². The van der Waals surface area contributed by atoms with Crippen LogP contribution in [0.4, 0.5) is 11.6 Å². The Morgan fingerprint density at radius 2 is 1.75 bits per heavy atom. The molecule has 0 radical (unpaired) electrons. The number of carbonyl (C=O) groups is 1. The van der Waals surface area contributed by atoms with E-state index in [4.69, 9.17) is 6.11 Å². The molecule has 1 atom stereocenters. The molecule has 6 nitrogen and oxygen atoms in total. The quantitative estimate of drug-likeness (QED) is 0.576. The molecule has 1 fully saturated rings. The molecule has 0 aliphatic carbocycles. The summed E-state index contributed by atoms with van der Waals surface area (Å²) < 4.78 is 14.4. The van der Waals surface area contributed by atoms with Crippen LogP contribution in [0.1, 0.15) is 25.3 Å². The number of pyridine rings is 2. The molecule has 0 saturated carbocycles. The summed E-state index contributed by atoms with van der Waals surface area (Å²) in [5.74, 6) is 1.19. The first kappa shape index (κ1) is 20.6. The molecule has 0 spiro atoms. The Bertz CT molecular complexity index is 1080. The molecule has 2 aromatic heterocycles. The smallest absolute Gasteiger partial charge is 0.231 e. The number of hydrogen-bond acceptors (Lipinski definition) is 5. The summed E-state index contributed by atoms with van der Waals surface area (Å²) in [6.07, 6.45) is 4.88. The van der Waals surface area contributed by atoms with Crippen molar-refractivity contribution >= 4 is 17.5 Å². The minimum Gasteiger partial charge on any atom is -0.381 e. The van der Waals surface area contributed by atoms with E-state index in [1.165, 1.54) is 4.90 Å². The maximum atomic E-state index is 13.5. The number of nitrogens with zero attached hydrogens (tertiary/aromatic N) is 4. The predicted molar refractivity (Wildman–Crippen MR) is 128 cm³/mol. The standard InChI is InChI=1S/C26H30N4O2/c1-19-10-13-27-25(16-19)30(26(31)22-11-14-32-15-12-22)18-20-4-6-21(7-5-20)23-8-9-24(28-17-23)29(2)3/h4-10,13,16-17,22H,11-12,14-15,18H2,1-3H3/i18D. The van der Waals surface area contributed by atoms with Crippen molar-refractivity contribution in [1.82, 2.24) is 9.97 Å². The Labute approximate surface area is 191 Å². The van der Waals surface area contributed by atoms with Crippen LogP contribution in [0.25, 0.3) is 11.1 Å². The SMILES string of the molecule is [2H]C(c1ccc(-c2ccc(N(C)C)nc2)cc1)N(C(=O)C1CCOCC1)c1cc(C)ccn1. The third-order valence-electron chi connectivity index (χ3n) is 5.68. The van der Waals surface area contributed by atoms with E-state index in [-0.39, 0.29) is 11.8 Å². The summed E-state index contributed by atoms with van der Waals surface area (Å²) in [4.78, 5) is 25.9. The number of aromatic nitrogens is 2. The minimum absolute atomic E-state index is 0.0658. The van der Waals surface area contributed by atoms with Crippen molar-refractivity contribution in [2.75, 3.05) is 37.1 Å². The highest BCUT2D eigenvalue weighted by Gasteiger charge is 2.28. The van der Waals surface area contributed by atoms with E-state index in [0.29, 0.717) is 31.9 Å². The van der Waals surface area contributed by atoms with Crippen LogP contribution in [0.5, 0.6) is 0 Å². The van der Waals surface area contributed by atoms with E-state index in [1.54, 1.807) is 6.20 Å². The van der Waals surface area contributed by atoms with Crippen molar-refractivity contribution in [3.63, 3.8) is 0 Å². The molecule has 1 aliphatic heterocycles. The lowest BCUT2D eigenvalue weighted by atomic mass is 9.98. The first-order valence-electron chi connectivity index (χ1n) is 11.5. The topological polar surface area (TPSA) is 58.6 Å². The van der Waals surface area contributed by atoms with Gasteiger partial charge >= 0.3 is 0 Å². The van der Waals surface area contributed by atoms with Gasteiger partial charge in [0.2, 0.25) is 5.91 Å². The molecular weight excluding hydrogens is 400 g/mol. The molecule has 1 aromatic carbocycles. The van der Waals surface area contributed by atoms with Gasteiger partial charge in [-0.3, -0.25) is 9.69 Å². The van der Waals surface area contributed by atoms with Gasteiger partial charge in [-0.25, -0.2) is 9.97 Å². The van der Waals surface area contributed by atoms with E-state index in [0.717, 1.165) is 28.1 Å². The van der Waals surface area contributed by atoms with Crippen molar-refractivity contribution in [2.24, 2.45) is 5.92 Å². The Morgan fingerprint density at radius 3 is 2.38 bits per heavy atom. The van der Waals surface area contributed by atoms with Crippen LogP contribution < -0.4 is 9.80 Å². The van der Waals surface area contributed by atoms with Crippen molar-refractivity contribution in [3.8, 4) is 11.1 Å². The number of benzene rings is 1. The van der Waals surface area contributed by atoms with E-state index in [2.05, 4.69) is 9.97 Å². The average molecular weight is 432 g/mol. The molecule has 0 N–H and O–H groups in total. The maximum Gasteiger partial charge on any atom is 0.231 e. The summed E-state index contributed by atoms with van der Waals surface area (Å²) in [7, 11) is 3.92. The third-order valence-corrected chi connectivity index (χ3v) is 5.68. The first-order chi connectivity index (χ1) is 15.9. The second-order valence-corrected chi connectivity index (χ2v) is 8.34. The molecule has 4 rings (SSSR count). The number of anilines is 2. The van der Waals surface area contributed by atoms with Crippen LogP contribution in [0, 0.1) is 12.8 Å². The average Bonchev–Trinajstić information content (AvgIpc) is 2.85. The molecule has 1 saturated heterocycles. The van der Waals surface area contributed by atoms with E-state index in [1.807, 2.05) is 80.6 Å². The number of rotatable bonds is 6. The van der Waals surface area contributed by atoms with Crippen LogP contribution in [-0.2, 0) is 16.1 Å². The molecule has 1 aliphatic rings. The summed E-state index contributed by atoms with van der Waals surface area (Å²) >= 11 is 0. The highest BCUT2D eigenvalue weighted by Crippen LogP contribution is 2.25. The Morgan fingerprint density at radius 1 is 1.03 bits per heavy atom. The monoisotopic (exact) mass is 431 g/mol. The van der Waals surface area contributed by atoms with Gasteiger partial charge in [-0.05, 0) is 60.7 Å². The van der Waals surface area contributed by atoms with Gasteiger partial charge in [0.15, 0.2) is 0 Å². The van der Waals surface area contributed by atoms with E-state index < -0.39 is 6.52 Å². The number of hydrogen-bond donors (Lipinski definition) is 0. The second kappa shape index (κ2) is 9.92. The lowest BCUT2D eigenvalue weighted by molar-refractivity contribution is -0.125. The fourth-order valence-electron chi connectivity index (χ4n) is 3.77. The fraction of sp³-hybridized carbons (Fsp3) is 0.346. The summed E-state index contributed by atoms with van der Waals surface area (Å²) in [5.41, 5.74) is 3.75. The van der Waals surface area contributed by atoms with Gasteiger partial charge < -0.3 is 9.64 Å². The first-order valence-corrected chi connectivity index (χ1v) is 10.9. The highest BCUT2D eigenvalue weighted by molar-refractivity contribution is 5.94. The molecule has 0 bridgehead atoms. The number of aryl methyl sites for hydroxylation is 1. The van der Waals surface area contributed by atoms with E-state index >= 15 is 0 Å². The Kier molecular flexibility index (Phi) is 6.40. The molecule has 3 heterocycles. The van der Waals surface area contributed by atoms with Gasteiger partial charge in [0, 0.05) is 51.2 Å². The van der Waals surface area contributed by atoms with Gasteiger partial charge in [-0.15, -0.1) is 0 Å². The molecule has 1 amide bonds. The summed E-state index contributed by atoms with van der Waals surface area (Å²) in [6, 6.07) is 15.5. The van der Waals surface area contributed by atoms with Crippen molar-refractivity contribution in [3.05, 3.63) is 72.1 Å². The second-order valence-electron chi connectivity index (χ2n) is 8.34. The normalized spacial score (nSPS) is 15.7. The number of carbonyl (C=O) groups excluding carboxylic acids is 1. The third kappa shape index (κ3) is 5.14. The van der Waals surface area contributed by atoms with Crippen molar-refractivity contribution in [2.45, 2.75) is 26.3 Å². The highest BCUT2D eigenvalue weighted by atomic mass is 16.5. The fourth-order valence-corrected chi connectivity index (χ4v) is 3.77. The zero-order valence-electron chi connectivity index (χ0n) is 19.9. The zero-order chi connectivity index (χ0) is 23.4. The molecule has 32 heavy (non-hydrogen) atoms. The zero-order valence-corrected chi connectivity index (χ0v) is 18.9. The van der Waals surface area contributed by atoms with Crippen LogP contribution >= 0.6 is 0 Å². The number of amides is 1. The predicted octanol–water partition coefficient (Wildman–Crippen LogP) is 4.48. The van der Waals surface area contributed by atoms with Gasteiger partial charge in [0.1, 0.15) is 11.6 Å². The Balaban J connectivity index is 1.61. The molecular formula is C26H30N4O2. The van der Waals surface area contributed by atoms with Gasteiger partial charge in [-0.2, -0.15) is 0 Å². The van der Waals surface area contributed by atoms with Crippen LogP contribution in [0.15, 0.2) is 60.9 Å². The maximum absolute atomic E-state index is 13.5. The molecule has 6 heteroatoms. The Hall–Kier alpha value is -3.25. The van der Waals surface area contributed by atoms with Crippen LogP contribution in [-0.4, -0.2) is 43.2 Å². The summed E-state index contributed by atoms with van der Waals surface area (Å²) in [6.45, 7) is 2.22. The lowest BCUT2D eigenvalue weighted by Gasteiger charge is -2.29. The van der Waals surface area contributed by atoms with Crippen molar-refractivity contribution in [1.29, 1.82) is 0 Å². The van der Waals surface area contributed by atoms with Crippen molar-refractivity contribution < 1.29 is 10.9 Å². The minimum atomic E-state index is -0.891. The van der Waals surface area contributed by atoms with Gasteiger partial charge in [0.25, 0.3) is 0 Å². The molecule has 166 valence electrons.